The smallest absolute Gasteiger partial charge is 0.410 e. The summed E-state index contributed by atoms with van der Waals surface area (Å²) in [4.78, 5) is 24.1. The summed E-state index contributed by atoms with van der Waals surface area (Å²) in [6.45, 7) is 7.61. The minimum absolute atomic E-state index is 0.338. The van der Waals surface area contributed by atoms with Crippen molar-refractivity contribution in [3.63, 3.8) is 0 Å². The summed E-state index contributed by atoms with van der Waals surface area (Å²) < 4.78 is 10.3. The number of carbonyl (C=O) groups excluding carboxylic acids is 2. The van der Waals surface area contributed by atoms with Crippen LogP contribution in [-0.2, 0) is 14.3 Å². The van der Waals surface area contributed by atoms with Crippen LogP contribution in [0.3, 0.4) is 0 Å². The lowest BCUT2D eigenvalue weighted by Gasteiger charge is -2.30. The SMILES string of the molecule is CC(=O)OC1C=CCN(C(=O)OC(C)(C)C)C1. The molecular weight excluding hydrogens is 222 g/mol. The van der Waals surface area contributed by atoms with Crippen LogP contribution in [0.5, 0.6) is 0 Å². The van der Waals surface area contributed by atoms with Crippen LogP contribution in [0.15, 0.2) is 12.2 Å². The molecule has 0 spiro atoms. The Kier molecular flexibility index (Phi) is 4.15. The Hall–Kier alpha value is -1.52. The van der Waals surface area contributed by atoms with E-state index in [1.165, 1.54) is 11.8 Å². The Bertz CT molecular complexity index is 330. The number of hydrogen-bond acceptors (Lipinski definition) is 4. The summed E-state index contributed by atoms with van der Waals surface area (Å²) in [5.74, 6) is -0.356. The van der Waals surface area contributed by atoms with E-state index in [1.54, 1.807) is 12.2 Å². The first-order valence-electron chi connectivity index (χ1n) is 5.60. The van der Waals surface area contributed by atoms with Gasteiger partial charge in [-0.3, -0.25) is 4.79 Å². The molecule has 0 fully saturated rings. The lowest BCUT2D eigenvalue weighted by atomic mass is 10.2. The van der Waals surface area contributed by atoms with Gasteiger partial charge in [-0.2, -0.15) is 0 Å². The first kappa shape index (κ1) is 13.5. The van der Waals surface area contributed by atoms with E-state index in [9.17, 15) is 9.59 Å². The lowest BCUT2D eigenvalue weighted by Crippen LogP contribution is -2.43. The molecule has 0 saturated heterocycles. The van der Waals surface area contributed by atoms with Crippen LogP contribution in [-0.4, -0.2) is 41.8 Å². The average Bonchev–Trinajstić information content (AvgIpc) is 2.14. The van der Waals surface area contributed by atoms with E-state index in [2.05, 4.69) is 0 Å². The molecule has 0 bridgehead atoms. The summed E-state index contributed by atoms with van der Waals surface area (Å²) in [6, 6.07) is 0. The molecule has 1 aliphatic rings. The minimum Gasteiger partial charge on any atom is -0.456 e. The maximum Gasteiger partial charge on any atom is 0.410 e. The van der Waals surface area contributed by atoms with E-state index in [4.69, 9.17) is 9.47 Å². The molecule has 17 heavy (non-hydrogen) atoms. The van der Waals surface area contributed by atoms with Crippen molar-refractivity contribution in [3.8, 4) is 0 Å². The summed E-state index contributed by atoms with van der Waals surface area (Å²) in [5, 5.41) is 0. The second-order valence-electron chi connectivity index (χ2n) is 4.96. The van der Waals surface area contributed by atoms with Crippen LogP contribution in [0.4, 0.5) is 4.79 Å². The zero-order chi connectivity index (χ0) is 13.1. The standard InChI is InChI=1S/C12H19NO4/c1-9(14)16-10-6-5-7-13(8-10)11(15)17-12(2,3)4/h5-6,10H,7-8H2,1-4H3. The van der Waals surface area contributed by atoms with Gasteiger partial charge in [0.25, 0.3) is 0 Å². The molecule has 1 amide bonds. The van der Waals surface area contributed by atoms with Gasteiger partial charge in [-0.1, -0.05) is 6.08 Å². The van der Waals surface area contributed by atoms with Gasteiger partial charge in [0.05, 0.1) is 6.54 Å². The molecule has 5 nitrogen and oxygen atoms in total. The molecule has 1 atom stereocenters. The predicted octanol–water partition coefficient (Wildman–Crippen LogP) is 1.72. The zero-order valence-corrected chi connectivity index (χ0v) is 10.7. The third-order valence-electron chi connectivity index (χ3n) is 2.05. The molecule has 0 aromatic rings. The van der Waals surface area contributed by atoms with Crippen molar-refractivity contribution in [2.75, 3.05) is 13.1 Å². The Labute approximate surface area is 101 Å². The second-order valence-corrected chi connectivity index (χ2v) is 4.96. The number of carbonyl (C=O) groups is 2. The second kappa shape index (κ2) is 5.21. The highest BCUT2D eigenvalue weighted by atomic mass is 16.6. The number of nitrogens with zero attached hydrogens (tertiary/aromatic N) is 1. The van der Waals surface area contributed by atoms with E-state index in [1.807, 2.05) is 20.8 Å². The van der Waals surface area contributed by atoms with Crippen LogP contribution >= 0.6 is 0 Å². The van der Waals surface area contributed by atoms with Crippen molar-refractivity contribution in [1.82, 2.24) is 4.90 Å². The van der Waals surface area contributed by atoms with Crippen LogP contribution in [0, 0.1) is 0 Å². The monoisotopic (exact) mass is 241 g/mol. The van der Waals surface area contributed by atoms with Gasteiger partial charge < -0.3 is 14.4 Å². The van der Waals surface area contributed by atoms with Crippen molar-refractivity contribution < 1.29 is 19.1 Å². The Morgan fingerprint density at radius 3 is 2.53 bits per heavy atom. The highest BCUT2D eigenvalue weighted by Crippen LogP contribution is 2.13. The predicted molar refractivity (Wildman–Crippen MR) is 62.5 cm³/mol. The fourth-order valence-electron chi connectivity index (χ4n) is 1.46. The van der Waals surface area contributed by atoms with Gasteiger partial charge >= 0.3 is 12.1 Å². The van der Waals surface area contributed by atoms with Crippen LogP contribution in [0.25, 0.3) is 0 Å². The molecule has 96 valence electrons. The van der Waals surface area contributed by atoms with Crippen LogP contribution in [0.2, 0.25) is 0 Å². The number of amides is 1. The van der Waals surface area contributed by atoms with Gasteiger partial charge in [-0.25, -0.2) is 4.79 Å². The van der Waals surface area contributed by atoms with E-state index >= 15 is 0 Å². The molecule has 0 aromatic heterocycles. The molecule has 0 radical (unpaired) electrons. The highest BCUT2D eigenvalue weighted by Gasteiger charge is 2.26. The summed E-state index contributed by atoms with van der Waals surface area (Å²) in [6.07, 6.45) is 2.80. The van der Waals surface area contributed by atoms with Gasteiger partial charge in [0.15, 0.2) is 0 Å². The van der Waals surface area contributed by atoms with Gasteiger partial charge in [-0.05, 0) is 26.8 Å². The van der Waals surface area contributed by atoms with Crippen molar-refractivity contribution in [2.24, 2.45) is 0 Å². The minimum atomic E-state index is -0.519. The molecule has 5 heteroatoms. The normalized spacial score (nSPS) is 20.0. The Morgan fingerprint density at radius 2 is 2.00 bits per heavy atom. The van der Waals surface area contributed by atoms with Gasteiger partial charge in [0, 0.05) is 13.5 Å². The zero-order valence-electron chi connectivity index (χ0n) is 10.7. The van der Waals surface area contributed by atoms with E-state index in [-0.39, 0.29) is 18.2 Å². The molecule has 0 saturated carbocycles. The third-order valence-corrected chi connectivity index (χ3v) is 2.05. The third kappa shape index (κ3) is 4.89. The van der Waals surface area contributed by atoms with Gasteiger partial charge in [-0.15, -0.1) is 0 Å². The van der Waals surface area contributed by atoms with Crippen molar-refractivity contribution >= 4 is 12.1 Å². The van der Waals surface area contributed by atoms with Gasteiger partial charge in [0.1, 0.15) is 11.7 Å². The topological polar surface area (TPSA) is 55.8 Å². The lowest BCUT2D eigenvalue weighted by molar-refractivity contribution is -0.145. The molecule has 0 N–H and O–H groups in total. The summed E-state index contributed by atoms with van der Waals surface area (Å²) in [7, 11) is 0. The van der Waals surface area contributed by atoms with Crippen LogP contribution in [0.1, 0.15) is 27.7 Å². The van der Waals surface area contributed by atoms with Crippen LogP contribution < -0.4 is 0 Å². The molecule has 0 aliphatic carbocycles. The Balaban J connectivity index is 2.54. The summed E-state index contributed by atoms with van der Waals surface area (Å²) in [5.41, 5.74) is -0.519. The molecule has 1 rings (SSSR count). The molecule has 1 aliphatic heterocycles. The maximum absolute atomic E-state index is 11.8. The molecule has 0 aromatic carbocycles. The van der Waals surface area contributed by atoms with Gasteiger partial charge in [0.2, 0.25) is 0 Å². The molecule has 1 heterocycles. The Morgan fingerprint density at radius 1 is 1.35 bits per heavy atom. The molecular formula is C12H19NO4. The van der Waals surface area contributed by atoms with E-state index < -0.39 is 5.60 Å². The van der Waals surface area contributed by atoms with E-state index in [0.29, 0.717) is 13.1 Å². The number of ether oxygens (including phenoxy) is 2. The number of rotatable bonds is 1. The van der Waals surface area contributed by atoms with E-state index in [0.717, 1.165) is 0 Å². The maximum atomic E-state index is 11.8. The fraction of sp³-hybridized carbons (Fsp3) is 0.667. The first-order valence-corrected chi connectivity index (χ1v) is 5.60. The average molecular weight is 241 g/mol. The fourth-order valence-corrected chi connectivity index (χ4v) is 1.46. The van der Waals surface area contributed by atoms with Crippen molar-refractivity contribution in [2.45, 2.75) is 39.4 Å². The molecule has 1 unspecified atom stereocenters. The first-order chi connectivity index (χ1) is 7.78. The van der Waals surface area contributed by atoms with Crippen molar-refractivity contribution in [1.29, 1.82) is 0 Å². The quantitative estimate of drug-likeness (QED) is 0.518. The number of esters is 1. The largest absolute Gasteiger partial charge is 0.456 e. The number of hydrogen-bond donors (Lipinski definition) is 0. The summed E-state index contributed by atoms with van der Waals surface area (Å²) >= 11 is 0. The van der Waals surface area contributed by atoms with Crippen molar-refractivity contribution in [3.05, 3.63) is 12.2 Å². The highest BCUT2D eigenvalue weighted by molar-refractivity contribution is 5.69.